The molecule has 0 aromatic carbocycles. The molecule has 0 radical (unpaired) electrons. The minimum absolute atomic E-state index is 0.0233. The zero-order chi connectivity index (χ0) is 19.4. The molecule has 2 heterocycles. The Bertz CT molecular complexity index is 756. The van der Waals surface area contributed by atoms with E-state index in [0.29, 0.717) is 46.8 Å². The molecule has 0 fully saturated rings. The minimum atomic E-state index is 0.0233. The lowest BCUT2D eigenvalue weighted by atomic mass is 10.2. The zero-order valence-corrected chi connectivity index (χ0v) is 16.5. The van der Waals surface area contributed by atoms with Crippen LogP contribution in [0, 0.1) is 13.8 Å². The zero-order valence-electron chi connectivity index (χ0n) is 14.9. The van der Waals surface area contributed by atoms with Gasteiger partial charge in [0.1, 0.15) is 0 Å². The lowest BCUT2D eigenvalue weighted by Gasteiger charge is -2.08. The van der Waals surface area contributed by atoms with Crippen LogP contribution in [0.1, 0.15) is 22.3 Å². The molecule has 0 aliphatic carbocycles. The summed E-state index contributed by atoms with van der Waals surface area (Å²) in [7, 11) is 3.17. The fourth-order valence-corrected chi connectivity index (χ4v) is 4.66. The monoisotopic (exact) mass is 396 g/mol. The van der Waals surface area contributed by atoms with E-state index < -0.39 is 0 Å². The summed E-state index contributed by atoms with van der Waals surface area (Å²) in [5.74, 6) is 1.51. The number of hydrogen-bond acceptors (Lipinski definition) is 6. The Morgan fingerprint density at radius 1 is 0.731 bits per heavy atom. The van der Waals surface area contributed by atoms with Gasteiger partial charge in [-0.15, -0.1) is 0 Å². The first kappa shape index (κ1) is 20.3. The van der Waals surface area contributed by atoms with Crippen LogP contribution in [0.25, 0.3) is 12.2 Å². The predicted octanol–water partition coefficient (Wildman–Crippen LogP) is 4.10. The van der Waals surface area contributed by atoms with Crippen molar-refractivity contribution < 1.29 is 20.4 Å². The molecule has 0 saturated carbocycles. The molecular weight excluding hydrogens is 372 g/mol. The number of hydrogen-bond donors (Lipinski definition) is 4. The first-order valence-electron chi connectivity index (χ1n) is 8.06. The summed E-state index contributed by atoms with van der Waals surface area (Å²) < 4.78 is 2.92. The van der Waals surface area contributed by atoms with Crippen LogP contribution in [0.5, 0.6) is 23.5 Å². The highest BCUT2D eigenvalue weighted by Gasteiger charge is 2.18. The summed E-state index contributed by atoms with van der Waals surface area (Å²) in [6, 6.07) is 0. The third-order valence-electron chi connectivity index (χ3n) is 4.27. The van der Waals surface area contributed by atoms with Crippen molar-refractivity contribution in [2.24, 2.45) is 0 Å². The van der Waals surface area contributed by atoms with E-state index in [2.05, 4.69) is 13.2 Å². The molecule has 2 rings (SSSR count). The lowest BCUT2D eigenvalue weighted by molar-refractivity contribution is 0.372. The smallest absolute Gasteiger partial charge is 0.201 e. The summed E-state index contributed by atoms with van der Waals surface area (Å²) in [5, 5.41) is 40.3. The van der Waals surface area contributed by atoms with E-state index in [-0.39, 0.29) is 23.5 Å². The molecule has 0 aliphatic heterocycles. The predicted molar refractivity (Wildman–Crippen MR) is 110 cm³/mol. The Morgan fingerprint density at radius 2 is 1.08 bits per heavy atom. The molecule has 0 atom stereocenters. The molecule has 26 heavy (non-hydrogen) atoms. The summed E-state index contributed by atoms with van der Waals surface area (Å²) in [6.45, 7) is 11.7. The second-order valence-electron chi connectivity index (χ2n) is 5.73. The van der Waals surface area contributed by atoms with Crippen LogP contribution in [0.4, 0.5) is 0 Å². The highest BCUT2D eigenvalue weighted by atomic mass is 33.1. The fraction of sp³-hybridized carbons (Fsp3) is 0.333. The van der Waals surface area contributed by atoms with E-state index in [0.717, 1.165) is 0 Å². The van der Waals surface area contributed by atoms with Crippen molar-refractivity contribution in [3.63, 3.8) is 0 Å². The van der Waals surface area contributed by atoms with E-state index in [4.69, 9.17) is 0 Å². The second kappa shape index (κ2) is 8.55. The Balaban J connectivity index is 1.84. The average molecular weight is 397 g/mol. The highest BCUT2D eigenvalue weighted by molar-refractivity contribution is 8.76. The Labute approximate surface area is 160 Å². The topological polar surface area (TPSA) is 90.8 Å². The van der Waals surface area contributed by atoms with Crippen LogP contribution in [0.3, 0.4) is 0 Å². The van der Waals surface area contributed by atoms with Gasteiger partial charge in [0.2, 0.25) is 11.8 Å². The Hall–Kier alpha value is -2.06. The SMILES string of the molecule is C=Cc1c(C)c(O)n(CCSSCCn2c(O)c(C)c(C=C)c2O)c1O. The van der Waals surface area contributed by atoms with Crippen LogP contribution in [0.15, 0.2) is 13.2 Å². The van der Waals surface area contributed by atoms with Crippen molar-refractivity contribution in [2.45, 2.75) is 26.9 Å². The van der Waals surface area contributed by atoms with Gasteiger partial charge in [0, 0.05) is 46.8 Å². The number of nitrogens with zero attached hydrogens (tertiary/aromatic N) is 2. The van der Waals surface area contributed by atoms with Crippen LogP contribution in [-0.4, -0.2) is 41.1 Å². The van der Waals surface area contributed by atoms with Crippen molar-refractivity contribution in [1.29, 1.82) is 0 Å². The molecule has 2 aromatic rings. The molecule has 2 aromatic heterocycles. The molecule has 142 valence electrons. The summed E-state index contributed by atoms with van der Waals surface area (Å²) in [6.07, 6.45) is 3.05. The number of aromatic nitrogens is 2. The van der Waals surface area contributed by atoms with Gasteiger partial charge >= 0.3 is 0 Å². The molecule has 4 N–H and O–H groups in total. The van der Waals surface area contributed by atoms with Crippen LogP contribution in [0.2, 0.25) is 0 Å². The standard InChI is InChI=1S/C18H24N2O4S2/c1-5-13-11(3)15(21)19(17(13)23)7-9-25-26-10-8-20-16(22)12(4)14(6-2)18(20)24/h5-6,21-24H,1-2,7-10H2,3-4H3. The van der Waals surface area contributed by atoms with Gasteiger partial charge in [-0.1, -0.05) is 46.9 Å². The quantitative estimate of drug-likeness (QED) is 0.377. The molecule has 6 nitrogen and oxygen atoms in total. The van der Waals surface area contributed by atoms with Gasteiger partial charge < -0.3 is 20.4 Å². The first-order chi connectivity index (χ1) is 12.3. The molecule has 0 aliphatic rings. The van der Waals surface area contributed by atoms with Crippen molar-refractivity contribution in [1.82, 2.24) is 9.13 Å². The van der Waals surface area contributed by atoms with E-state index in [1.807, 2.05) is 0 Å². The van der Waals surface area contributed by atoms with E-state index in [1.165, 1.54) is 21.3 Å². The molecule has 0 unspecified atom stereocenters. The minimum Gasteiger partial charge on any atom is -0.494 e. The highest BCUT2D eigenvalue weighted by Crippen LogP contribution is 2.36. The summed E-state index contributed by atoms with van der Waals surface area (Å²) in [5.41, 5.74) is 2.32. The number of rotatable bonds is 9. The van der Waals surface area contributed by atoms with E-state index in [9.17, 15) is 20.4 Å². The van der Waals surface area contributed by atoms with Crippen LogP contribution < -0.4 is 0 Å². The lowest BCUT2D eigenvalue weighted by Crippen LogP contribution is -2.00. The van der Waals surface area contributed by atoms with Gasteiger partial charge in [0.05, 0.1) is 0 Å². The summed E-state index contributed by atoms with van der Waals surface area (Å²) in [4.78, 5) is 0. The average Bonchev–Trinajstić information content (AvgIpc) is 2.95. The van der Waals surface area contributed by atoms with Crippen LogP contribution in [-0.2, 0) is 13.1 Å². The van der Waals surface area contributed by atoms with Gasteiger partial charge in [-0.2, -0.15) is 0 Å². The van der Waals surface area contributed by atoms with Gasteiger partial charge in [0.15, 0.2) is 11.8 Å². The van der Waals surface area contributed by atoms with Crippen molar-refractivity contribution in [2.75, 3.05) is 11.5 Å². The van der Waals surface area contributed by atoms with E-state index in [1.54, 1.807) is 35.4 Å². The Morgan fingerprint density at radius 3 is 1.35 bits per heavy atom. The summed E-state index contributed by atoms with van der Waals surface area (Å²) >= 11 is 0. The third-order valence-corrected chi connectivity index (χ3v) is 6.64. The van der Waals surface area contributed by atoms with Gasteiger partial charge in [-0.3, -0.25) is 9.13 Å². The van der Waals surface area contributed by atoms with Crippen molar-refractivity contribution >= 4 is 33.7 Å². The molecule has 0 amide bonds. The second-order valence-corrected chi connectivity index (χ2v) is 8.43. The molecule has 0 saturated heterocycles. The van der Waals surface area contributed by atoms with Gasteiger partial charge in [-0.25, -0.2) is 0 Å². The molecule has 8 heteroatoms. The van der Waals surface area contributed by atoms with E-state index >= 15 is 0 Å². The normalized spacial score (nSPS) is 11.0. The van der Waals surface area contributed by atoms with Crippen molar-refractivity contribution in [3.8, 4) is 23.5 Å². The van der Waals surface area contributed by atoms with Crippen molar-refractivity contribution in [3.05, 3.63) is 35.4 Å². The maximum atomic E-state index is 10.1. The number of aromatic hydroxyl groups is 4. The largest absolute Gasteiger partial charge is 0.494 e. The first-order valence-corrected chi connectivity index (χ1v) is 10.5. The maximum Gasteiger partial charge on any atom is 0.201 e. The molecular formula is C18H24N2O4S2. The third kappa shape index (κ3) is 3.71. The van der Waals surface area contributed by atoms with Gasteiger partial charge in [0.25, 0.3) is 0 Å². The fourth-order valence-electron chi connectivity index (χ4n) is 2.76. The maximum absolute atomic E-state index is 10.1. The Kier molecular flexibility index (Phi) is 6.66. The molecule has 0 spiro atoms. The molecule has 0 bridgehead atoms. The van der Waals surface area contributed by atoms with Gasteiger partial charge in [-0.05, 0) is 13.8 Å². The van der Waals surface area contributed by atoms with Crippen LogP contribution >= 0.6 is 21.6 Å².